The molecule has 7 heteroatoms. The lowest BCUT2D eigenvalue weighted by Crippen LogP contribution is -2.65. The first-order valence-corrected chi connectivity index (χ1v) is 8.35. The summed E-state index contributed by atoms with van der Waals surface area (Å²) >= 11 is 0. The predicted octanol–water partition coefficient (Wildman–Crippen LogP) is -1.24. The highest BCUT2D eigenvalue weighted by Gasteiger charge is 2.55. The lowest BCUT2D eigenvalue weighted by molar-refractivity contribution is 0.248. The Morgan fingerprint density at radius 3 is 1.87 bits per heavy atom. The van der Waals surface area contributed by atoms with Crippen LogP contribution in [0.1, 0.15) is 0 Å². The van der Waals surface area contributed by atoms with Gasteiger partial charge in [-0.15, -0.1) is 0 Å². The van der Waals surface area contributed by atoms with Gasteiger partial charge in [-0.2, -0.15) is 0 Å². The van der Waals surface area contributed by atoms with Crippen LogP contribution in [0.4, 0.5) is 0 Å². The summed E-state index contributed by atoms with van der Waals surface area (Å²) in [6, 6.07) is -0.00417. The van der Waals surface area contributed by atoms with E-state index in [0.29, 0.717) is 0 Å². The van der Waals surface area contributed by atoms with Gasteiger partial charge >= 0.3 is 0 Å². The van der Waals surface area contributed by atoms with Crippen LogP contribution in [0.3, 0.4) is 0 Å². The first kappa shape index (κ1) is 11.3. The molecule has 15 heavy (non-hydrogen) atoms. The highest BCUT2D eigenvalue weighted by Crippen LogP contribution is 2.36. The third kappa shape index (κ3) is 1.81. The minimum Gasteiger partial charge on any atom is -0.304 e. The van der Waals surface area contributed by atoms with Crippen LogP contribution in [-0.2, 0) is 19.7 Å². The third-order valence-corrected chi connectivity index (χ3v) is 7.47. The van der Waals surface area contributed by atoms with Crippen LogP contribution in [0.15, 0.2) is 0 Å². The topological polar surface area (TPSA) is 71.5 Å². The zero-order chi connectivity index (χ0) is 11.4. The van der Waals surface area contributed by atoms with E-state index in [9.17, 15) is 16.8 Å². The molecule has 0 aromatic heterocycles. The molecule has 2 heterocycles. The molecule has 0 radical (unpaired) electrons. The molecule has 0 aliphatic carbocycles. The summed E-state index contributed by atoms with van der Waals surface area (Å²) in [5, 5.41) is -0.462. The molecule has 2 rings (SSSR count). The molecule has 0 N–H and O–H groups in total. The SMILES string of the molecule is CN(C)[C@H]1CS(=O)(=O)[C@@H]1C1CS(=O)(=O)C1. The number of sulfone groups is 2. The second kappa shape index (κ2) is 3.18. The fourth-order valence-electron chi connectivity index (χ4n) is 2.40. The first-order chi connectivity index (χ1) is 6.73. The van der Waals surface area contributed by atoms with Crippen molar-refractivity contribution in [1.29, 1.82) is 0 Å². The van der Waals surface area contributed by atoms with E-state index in [2.05, 4.69) is 0 Å². The zero-order valence-corrected chi connectivity index (χ0v) is 10.4. The van der Waals surface area contributed by atoms with Gasteiger partial charge in [0.15, 0.2) is 19.7 Å². The van der Waals surface area contributed by atoms with Crippen molar-refractivity contribution in [2.24, 2.45) is 5.92 Å². The average Bonchev–Trinajstić information content (AvgIpc) is 1.96. The van der Waals surface area contributed by atoms with Crippen LogP contribution in [0.2, 0.25) is 0 Å². The molecule has 0 saturated carbocycles. The summed E-state index contributed by atoms with van der Waals surface area (Å²) < 4.78 is 45.2. The van der Waals surface area contributed by atoms with Gasteiger partial charge < -0.3 is 4.90 Å². The maximum absolute atomic E-state index is 11.6. The average molecular weight is 253 g/mol. The van der Waals surface area contributed by atoms with Crippen molar-refractivity contribution in [3.8, 4) is 0 Å². The molecule has 0 aromatic carbocycles. The van der Waals surface area contributed by atoms with Crippen LogP contribution in [0.5, 0.6) is 0 Å². The predicted molar refractivity (Wildman–Crippen MR) is 57.2 cm³/mol. The van der Waals surface area contributed by atoms with Gasteiger partial charge in [-0.25, -0.2) is 16.8 Å². The molecule has 0 amide bonds. The normalized spacial score (nSPS) is 38.3. The Kier molecular flexibility index (Phi) is 2.40. The standard InChI is InChI=1S/C8H15NO4S2/c1-9(2)7-5-15(12,13)8(7)6-3-14(10,11)4-6/h6-8H,3-5H2,1-2H3/t7-,8+/m0/s1. The van der Waals surface area contributed by atoms with E-state index >= 15 is 0 Å². The van der Waals surface area contributed by atoms with Crippen LogP contribution in [-0.4, -0.2) is 64.4 Å². The minimum absolute atomic E-state index is 0.00417. The van der Waals surface area contributed by atoms with E-state index in [1.165, 1.54) is 0 Å². The lowest BCUT2D eigenvalue weighted by atomic mass is 10.0. The van der Waals surface area contributed by atoms with Gasteiger partial charge in [0.25, 0.3) is 0 Å². The highest BCUT2D eigenvalue weighted by atomic mass is 32.2. The second-order valence-electron chi connectivity index (χ2n) is 4.66. The minimum atomic E-state index is -3.03. The van der Waals surface area contributed by atoms with Crippen LogP contribution >= 0.6 is 0 Å². The van der Waals surface area contributed by atoms with Gasteiger partial charge in [0.1, 0.15) is 0 Å². The Hall–Kier alpha value is -0.140. The summed E-state index contributed by atoms with van der Waals surface area (Å²) in [4.78, 5) is 1.87. The molecule has 0 unspecified atom stereocenters. The quantitative estimate of drug-likeness (QED) is 0.615. The fourth-order valence-corrected chi connectivity index (χ4v) is 6.71. The van der Waals surface area contributed by atoms with E-state index in [0.717, 1.165) is 0 Å². The van der Waals surface area contributed by atoms with Crippen LogP contribution in [0, 0.1) is 5.92 Å². The molecule has 2 aliphatic rings. The van der Waals surface area contributed by atoms with Crippen molar-refractivity contribution in [2.75, 3.05) is 31.4 Å². The Morgan fingerprint density at radius 2 is 1.53 bits per heavy atom. The Bertz CT molecular complexity index is 453. The van der Waals surface area contributed by atoms with E-state index in [1.807, 2.05) is 19.0 Å². The van der Waals surface area contributed by atoms with Crippen molar-refractivity contribution < 1.29 is 16.8 Å². The van der Waals surface area contributed by atoms with Gasteiger partial charge in [0.05, 0.1) is 22.5 Å². The molecule has 5 nitrogen and oxygen atoms in total. The van der Waals surface area contributed by atoms with Crippen molar-refractivity contribution in [3.63, 3.8) is 0 Å². The van der Waals surface area contributed by atoms with Gasteiger partial charge in [0, 0.05) is 12.0 Å². The van der Waals surface area contributed by atoms with Crippen molar-refractivity contribution >= 4 is 19.7 Å². The molecule has 2 atom stereocenters. The zero-order valence-electron chi connectivity index (χ0n) is 8.75. The third-order valence-electron chi connectivity index (χ3n) is 3.26. The molecule has 2 aliphatic heterocycles. The largest absolute Gasteiger partial charge is 0.304 e. The monoisotopic (exact) mass is 253 g/mol. The van der Waals surface area contributed by atoms with Gasteiger partial charge in [-0.3, -0.25) is 0 Å². The van der Waals surface area contributed by atoms with Crippen molar-refractivity contribution in [2.45, 2.75) is 11.3 Å². The summed E-state index contributed by atoms with van der Waals surface area (Å²) in [7, 11) is -2.30. The molecule has 88 valence electrons. The number of hydrogen-bond acceptors (Lipinski definition) is 5. The Balaban J connectivity index is 2.14. The second-order valence-corrected chi connectivity index (χ2v) is 9.02. The Labute approximate surface area is 90.3 Å². The van der Waals surface area contributed by atoms with E-state index in [1.54, 1.807) is 0 Å². The summed E-state index contributed by atoms with van der Waals surface area (Å²) in [6.07, 6.45) is 0. The summed E-state index contributed by atoms with van der Waals surface area (Å²) in [6.45, 7) is 0. The molecule has 2 fully saturated rings. The van der Waals surface area contributed by atoms with Crippen molar-refractivity contribution in [1.82, 2.24) is 4.90 Å². The van der Waals surface area contributed by atoms with E-state index in [-0.39, 0.29) is 29.2 Å². The number of nitrogens with zero attached hydrogens (tertiary/aromatic N) is 1. The molecule has 0 bridgehead atoms. The fraction of sp³-hybridized carbons (Fsp3) is 1.00. The molecular formula is C8H15NO4S2. The molecule has 0 spiro atoms. The Morgan fingerprint density at radius 1 is 1.00 bits per heavy atom. The van der Waals surface area contributed by atoms with Gasteiger partial charge in [-0.05, 0) is 14.1 Å². The molecule has 2 saturated heterocycles. The number of hydrogen-bond donors (Lipinski definition) is 0. The molecular weight excluding hydrogens is 238 g/mol. The molecule has 0 aromatic rings. The van der Waals surface area contributed by atoms with Gasteiger partial charge in [-0.1, -0.05) is 0 Å². The van der Waals surface area contributed by atoms with E-state index in [4.69, 9.17) is 0 Å². The number of rotatable bonds is 2. The van der Waals surface area contributed by atoms with Gasteiger partial charge in [0.2, 0.25) is 0 Å². The van der Waals surface area contributed by atoms with E-state index < -0.39 is 24.9 Å². The highest BCUT2D eigenvalue weighted by molar-refractivity contribution is 7.95. The summed E-state index contributed by atoms with van der Waals surface area (Å²) in [5.74, 6) is 0.0742. The smallest absolute Gasteiger partial charge is 0.156 e. The first-order valence-electron chi connectivity index (χ1n) is 4.81. The maximum Gasteiger partial charge on any atom is 0.156 e. The van der Waals surface area contributed by atoms with Crippen LogP contribution in [0.25, 0.3) is 0 Å². The summed E-state index contributed by atoms with van der Waals surface area (Å²) in [5.41, 5.74) is 0. The van der Waals surface area contributed by atoms with Crippen LogP contribution < -0.4 is 0 Å². The lowest BCUT2D eigenvalue weighted by Gasteiger charge is -2.46. The maximum atomic E-state index is 11.6. The van der Waals surface area contributed by atoms with Crippen molar-refractivity contribution in [3.05, 3.63) is 0 Å².